The van der Waals surface area contributed by atoms with E-state index in [4.69, 9.17) is 9.05 Å². The van der Waals surface area contributed by atoms with Gasteiger partial charge in [-0.25, -0.2) is 0 Å². The Bertz CT molecular complexity index is 1080. The summed E-state index contributed by atoms with van der Waals surface area (Å²) >= 11 is 0. The van der Waals surface area contributed by atoms with Crippen molar-refractivity contribution >= 4 is 13.7 Å². The molecule has 0 rings (SSSR count). The number of unbranched alkanes of at least 4 members (excludes halogenated alkanes) is 35. The van der Waals surface area contributed by atoms with E-state index in [1.165, 1.54) is 180 Å². The van der Waals surface area contributed by atoms with Gasteiger partial charge in [0.25, 0.3) is 7.82 Å². The number of aliphatic hydroxyl groups excluding tert-OH is 1. The number of nitrogens with zero attached hydrogens (tertiary/aromatic N) is 1. The molecule has 2 N–H and O–H groups in total. The lowest BCUT2D eigenvalue weighted by Crippen LogP contribution is -2.45. The van der Waals surface area contributed by atoms with Crippen LogP contribution in [0.1, 0.15) is 264 Å². The lowest BCUT2D eigenvalue weighted by atomic mass is 10.0. The molecule has 0 saturated carbocycles. The summed E-state index contributed by atoms with van der Waals surface area (Å²) < 4.78 is 23.2. The highest BCUT2D eigenvalue weighted by Crippen LogP contribution is 2.38. The standard InChI is InChI=1S/C54H107N2O6P/c1-6-8-10-12-14-16-18-19-20-21-22-23-24-25-26-27-28-29-30-31-32-33-34-35-36-37-38-39-41-43-45-47-53(57)52(51-62-63(59,60)61-50-49-56(3,4)5)55-54(58)48-46-44-42-40-17-15-13-11-9-7-2/h11,13,45,47,52-53,57H,6-10,12,14-44,46,48-51H2,1-5H3,(H-,55,58,59,60)/b13-11-,47-45+. The Morgan fingerprint density at radius 1 is 0.540 bits per heavy atom. The second-order valence-corrected chi connectivity index (χ2v) is 21.3. The van der Waals surface area contributed by atoms with Gasteiger partial charge in [-0.05, 0) is 38.5 Å². The number of phosphoric acid groups is 1. The number of allylic oxidation sites excluding steroid dienone is 3. The number of phosphoric ester groups is 1. The zero-order chi connectivity index (χ0) is 46.4. The second-order valence-electron chi connectivity index (χ2n) is 19.9. The van der Waals surface area contributed by atoms with Crippen LogP contribution >= 0.6 is 7.82 Å². The molecule has 0 aromatic carbocycles. The SMILES string of the molecule is CCC/C=C\CCCCCCCC(=O)NC(COP(=O)([O-])OCC[N+](C)(C)C)C(O)/C=C/CCCCCCCCCCCCCCCCCCCCCCCCCCCCCCC. The van der Waals surface area contributed by atoms with Gasteiger partial charge in [0.15, 0.2) is 0 Å². The quantitative estimate of drug-likeness (QED) is 0.0272. The molecule has 0 aromatic heterocycles. The van der Waals surface area contributed by atoms with Crippen LogP contribution in [0.2, 0.25) is 0 Å². The minimum absolute atomic E-state index is 0.00152. The molecule has 8 nitrogen and oxygen atoms in total. The maximum atomic E-state index is 12.8. The van der Waals surface area contributed by atoms with Gasteiger partial charge < -0.3 is 28.8 Å². The summed E-state index contributed by atoms with van der Waals surface area (Å²) in [6, 6.07) is -0.888. The van der Waals surface area contributed by atoms with E-state index < -0.39 is 20.0 Å². The van der Waals surface area contributed by atoms with Gasteiger partial charge in [-0.15, -0.1) is 0 Å². The fraction of sp³-hybridized carbons (Fsp3) is 0.907. The Labute approximate surface area is 392 Å². The molecule has 0 heterocycles. The molecule has 1 amide bonds. The average molecular weight is 911 g/mol. The van der Waals surface area contributed by atoms with Gasteiger partial charge in [-0.2, -0.15) is 0 Å². The van der Waals surface area contributed by atoms with E-state index in [1.54, 1.807) is 6.08 Å². The molecule has 0 saturated heterocycles. The molecule has 0 aromatic rings. The molecule has 0 aliphatic rings. The number of carbonyl (C=O) groups excluding carboxylic acids is 1. The minimum Gasteiger partial charge on any atom is -0.756 e. The topological polar surface area (TPSA) is 108 Å². The largest absolute Gasteiger partial charge is 0.756 e. The van der Waals surface area contributed by atoms with Gasteiger partial charge >= 0.3 is 0 Å². The maximum Gasteiger partial charge on any atom is 0.268 e. The van der Waals surface area contributed by atoms with Crippen molar-refractivity contribution < 1.29 is 32.9 Å². The van der Waals surface area contributed by atoms with Gasteiger partial charge in [0.05, 0.1) is 39.9 Å². The summed E-state index contributed by atoms with van der Waals surface area (Å²) in [4.78, 5) is 25.3. The van der Waals surface area contributed by atoms with Crippen LogP contribution in [-0.4, -0.2) is 68.5 Å². The molecule has 0 spiro atoms. The van der Waals surface area contributed by atoms with Gasteiger partial charge in [-0.1, -0.05) is 244 Å². The monoisotopic (exact) mass is 911 g/mol. The van der Waals surface area contributed by atoms with E-state index in [9.17, 15) is 19.4 Å². The molecule has 0 aliphatic heterocycles. The van der Waals surface area contributed by atoms with Crippen molar-refractivity contribution in [1.29, 1.82) is 0 Å². The van der Waals surface area contributed by atoms with E-state index >= 15 is 0 Å². The van der Waals surface area contributed by atoms with E-state index in [1.807, 2.05) is 27.2 Å². The van der Waals surface area contributed by atoms with Crippen LogP contribution in [0.4, 0.5) is 0 Å². The van der Waals surface area contributed by atoms with Crippen LogP contribution in [0.5, 0.6) is 0 Å². The number of carbonyl (C=O) groups is 1. The molecule has 0 fully saturated rings. The predicted octanol–water partition coefficient (Wildman–Crippen LogP) is 15.4. The van der Waals surface area contributed by atoms with Crippen molar-refractivity contribution in [2.24, 2.45) is 0 Å². The van der Waals surface area contributed by atoms with Crippen LogP contribution in [0, 0.1) is 0 Å². The summed E-state index contributed by atoms with van der Waals surface area (Å²) in [5.41, 5.74) is 0. The zero-order valence-corrected chi connectivity index (χ0v) is 43.4. The molecule has 63 heavy (non-hydrogen) atoms. The molecule has 9 heteroatoms. The number of hydrogen-bond acceptors (Lipinski definition) is 6. The van der Waals surface area contributed by atoms with Crippen molar-refractivity contribution in [1.82, 2.24) is 5.32 Å². The molecular formula is C54H107N2O6P. The van der Waals surface area contributed by atoms with Crippen LogP contribution in [0.3, 0.4) is 0 Å². The van der Waals surface area contributed by atoms with Crippen LogP contribution in [-0.2, 0) is 18.4 Å². The first kappa shape index (κ1) is 62.0. The summed E-state index contributed by atoms with van der Waals surface area (Å²) in [5, 5.41) is 13.8. The van der Waals surface area contributed by atoms with Crippen LogP contribution < -0.4 is 10.2 Å². The first-order valence-electron chi connectivity index (χ1n) is 27.2. The highest BCUT2D eigenvalue weighted by molar-refractivity contribution is 7.45. The van der Waals surface area contributed by atoms with E-state index in [0.29, 0.717) is 17.4 Å². The Hall–Kier alpha value is -1.02. The second kappa shape index (κ2) is 46.1. The number of aliphatic hydroxyl groups is 1. The van der Waals surface area contributed by atoms with Gasteiger partial charge in [-0.3, -0.25) is 9.36 Å². The number of amides is 1. The number of hydrogen-bond donors (Lipinski definition) is 2. The average Bonchev–Trinajstić information content (AvgIpc) is 3.24. The number of rotatable bonds is 50. The Morgan fingerprint density at radius 2 is 0.905 bits per heavy atom. The van der Waals surface area contributed by atoms with Crippen molar-refractivity contribution in [2.75, 3.05) is 40.9 Å². The highest BCUT2D eigenvalue weighted by Gasteiger charge is 2.23. The number of quaternary nitrogens is 1. The first-order chi connectivity index (χ1) is 30.5. The minimum atomic E-state index is -4.59. The maximum absolute atomic E-state index is 12.8. The Balaban J connectivity index is 4.01. The smallest absolute Gasteiger partial charge is 0.268 e. The van der Waals surface area contributed by atoms with E-state index in [-0.39, 0.29) is 19.1 Å². The van der Waals surface area contributed by atoms with Gasteiger partial charge in [0.2, 0.25) is 5.91 Å². The summed E-state index contributed by atoms with van der Waals surface area (Å²) in [6.07, 6.45) is 57.1. The summed E-state index contributed by atoms with van der Waals surface area (Å²) in [6.45, 7) is 4.60. The van der Waals surface area contributed by atoms with Crippen molar-refractivity contribution in [3.63, 3.8) is 0 Å². The third kappa shape index (κ3) is 48.7. The van der Waals surface area contributed by atoms with Crippen molar-refractivity contribution in [3.05, 3.63) is 24.3 Å². The fourth-order valence-corrected chi connectivity index (χ4v) is 8.82. The normalized spacial score (nSPS) is 14.2. The predicted molar refractivity (Wildman–Crippen MR) is 270 cm³/mol. The van der Waals surface area contributed by atoms with Crippen LogP contribution in [0.25, 0.3) is 0 Å². The first-order valence-corrected chi connectivity index (χ1v) is 28.7. The zero-order valence-electron chi connectivity index (χ0n) is 42.5. The van der Waals surface area contributed by atoms with Crippen molar-refractivity contribution in [2.45, 2.75) is 276 Å². The van der Waals surface area contributed by atoms with Crippen molar-refractivity contribution in [3.8, 4) is 0 Å². The molecule has 3 unspecified atom stereocenters. The molecule has 0 aliphatic carbocycles. The van der Waals surface area contributed by atoms with Gasteiger partial charge in [0, 0.05) is 6.42 Å². The number of likely N-dealkylation sites (N-methyl/N-ethyl adjacent to an activating group) is 1. The molecule has 3 atom stereocenters. The van der Waals surface area contributed by atoms with E-state index in [2.05, 4.69) is 31.3 Å². The molecule has 0 radical (unpaired) electrons. The lowest BCUT2D eigenvalue weighted by Gasteiger charge is -2.29. The van der Waals surface area contributed by atoms with Crippen LogP contribution in [0.15, 0.2) is 24.3 Å². The fourth-order valence-electron chi connectivity index (χ4n) is 8.10. The third-order valence-electron chi connectivity index (χ3n) is 12.4. The highest BCUT2D eigenvalue weighted by atomic mass is 31.2. The Morgan fingerprint density at radius 3 is 1.30 bits per heavy atom. The molecular weight excluding hydrogens is 804 g/mol. The lowest BCUT2D eigenvalue weighted by molar-refractivity contribution is -0.870. The molecule has 374 valence electrons. The third-order valence-corrected chi connectivity index (χ3v) is 13.4. The van der Waals surface area contributed by atoms with Gasteiger partial charge in [0.1, 0.15) is 13.2 Å². The Kier molecular flexibility index (Phi) is 45.4. The summed E-state index contributed by atoms with van der Waals surface area (Å²) in [5.74, 6) is -0.207. The van der Waals surface area contributed by atoms with E-state index in [0.717, 1.165) is 64.2 Å². The summed E-state index contributed by atoms with van der Waals surface area (Å²) in [7, 11) is 1.26. The number of nitrogens with one attached hydrogen (secondary N) is 1. The molecule has 0 bridgehead atoms.